The zero-order valence-corrected chi connectivity index (χ0v) is 15.2. The smallest absolute Gasteiger partial charge is 0.0748 e. The van der Waals surface area contributed by atoms with Crippen molar-refractivity contribution in [2.24, 2.45) is 0 Å². The van der Waals surface area contributed by atoms with E-state index in [4.69, 9.17) is 4.74 Å². The molecule has 1 aromatic carbocycles. The van der Waals surface area contributed by atoms with Crippen molar-refractivity contribution in [1.82, 2.24) is 5.32 Å². The third-order valence-electron chi connectivity index (χ3n) is 3.81. The van der Waals surface area contributed by atoms with Gasteiger partial charge in [-0.25, -0.2) is 0 Å². The number of rotatable bonds is 4. The highest BCUT2D eigenvalue weighted by Crippen LogP contribution is 2.26. The fourth-order valence-corrected chi connectivity index (χ4v) is 2.94. The van der Waals surface area contributed by atoms with Crippen molar-refractivity contribution < 1.29 is 4.74 Å². The van der Waals surface area contributed by atoms with Crippen molar-refractivity contribution in [1.29, 1.82) is 0 Å². The zero-order valence-electron chi connectivity index (χ0n) is 13.6. The largest absolute Gasteiger partial charge is 0.375 e. The Hall–Kier alpha value is -0.580. The maximum absolute atomic E-state index is 5.75. The lowest BCUT2D eigenvalue weighted by Gasteiger charge is -2.34. The van der Waals surface area contributed by atoms with E-state index in [0.717, 1.165) is 32.7 Å². The van der Waals surface area contributed by atoms with Gasteiger partial charge in [0.15, 0.2) is 0 Å². The van der Waals surface area contributed by atoms with Gasteiger partial charge in [0, 0.05) is 35.3 Å². The van der Waals surface area contributed by atoms with E-state index < -0.39 is 0 Å². The van der Waals surface area contributed by atoms with Gasteiger partial charge in [0.2, 0.25) is 0 Å². The first-order valence-electron chi connectivity index (χ1n) is 7.79. The van der Waals surface area contributed by atoms with Crippen LogP contribution >= 0.6 is 15.9 Å². The van der Waals surface area contributed by atoms with E-state index in [1.54, 1.807) is 0 Å². The summed E-state index contributed by atoms with van der Waals surface area (Å²) in [5.41, 5.74) is 2.72. The van der Waals surface area contributed by atoms with Gasteiger partial charge in [-0.3, -0.25) is 0 Å². The highest BCUT2D eigenvalue weighted by Gasteiger charge is 2.19. The summed E-state index contributed by atoms with van der Waals surface area (Å²) in [6, 6.07) is 6.68. The summed E-state index contributed by atoms with van der Waals surface area (Å²) < 4.78 is 6.92. The Kier molecular flexibility index (Phi) is 5.69. The average Bonchev–Trinajstić information content (AvgIpc) is 2.45. The minimum absolute atomic E-state index is 0.136. The average molecular weight is 355 g/mol. The number of hydrogen-bond donors (Lipinski definition) is 1. The quantitative estimate of drug-likeness (QED) is 0.885. The maximum Gasteiger partial charge on any atom is 0.0748 e. The van der Waals surface area contributed by atoms with Crippen LogP contribution in [0.15, 0.2) is 22.7 Å². The predicted molar refractivity (Wildman–Crippen MR) is 93.0 cm³/mol. The van der Waals surface area contributed by atoms with Crippen LogP contribution in [0.3, 0.4) is 0 Å². The Morgan fingerprint density at radius 3 is 2.76 bits per heavy atom. The lowest BCUT2D eigenvalue weighted by Crippen LogP contribution is -2.42. The SMILES string of the molecule is CCC1CN(c2ccc(CNC(C)(C)C)c(Br)c2)CCO1. The lowest BCUT2D eigenvalue weighted by atomic mass is 10.1. The highest BCUT2D eigenvalue weighted by atomic mass is 79.9. The number of morpholine rings is 1. The summed E-state index contributed by atoms with van der Waals surface area (Å²) in [6.07, 6.45) is 1.44. The van der Waals surface area contributed by atoms with Crippen LogP contribution in [0.1, 0.15) is 39.7 Å². The van der Waals surface area contributed by atoms with Crippen LogP contribution in [0, 0.1) is 0 Å². The van der Waals surface area contributed by atoms with Gasteiger partial charge in [-0.15, -0.1) is 0 Å². The molecule has 3 nitrogen and oxygen atoms in total. The van der Waals surface area contributed by atoms with E-state index in [0.29, 0.717) is 6.10 Å². The van der Waals surface area contributed by atoms with Gasteiger partial charge >= 0.3 is 0 Å². The van der Waals surface area contributed by atoms with E-state index in [9.17, 15) is 0 Å². The number of ether oxygens (including phenoxy) is 1. The van der Waals surface area contributed by atoms with Gasteiger partial charge in [-0.05, 0) is 44.9 Å². The van der Waals surface area contributed by atoms with Crippen LogP contribution in [0.2, 0.25) is 0 Å². The third-order valence-corrected chi connectivity index (χ3v) is 4.54. The van der Waals surface area contributed by atoms with Gasteiger partial charge < -0.3 is 15.0 Å². The maximum atomic E-state index is 5.75. The molecule has 1 aliphatic heterocycles. The van der Waals surface area contributed by atoms with Crippen molar-refractivity contribution in [3.05, 3.63) is 28.2 Å². The zero-order chi connectivity index (χ0) is 15.5. The molecule has 2 rings (SSSR count). The van der Waals surface area contributed by atoms with E-state index in [2.05, 4.69) is 72.0 Å². The Morgan fingerprint density at radius 2 is 2.14 bits per heavy atom. The number of nitrogens with one attached hydrogen (secondary N) is 1. The molecule has 1 atom stereocenters. The minimum Gasteiger partial charge on any atom is -0.375 e. The Labute approximate surface area is 137 Å². The van der Waals surface area contributed by atoms with Crippen molar-refractivity contribution in [2.45, 2.75) is 52.3 Å². The van der Waals surface area contributed by atoms with E-state index >= 15 is 0 Å². The Morgan fingerprint density at radius 1 is 1.38 bits per heavy atom. The third kappa shape index (κ3) is 4.97. The fraction of sp³-hybridized carbons (Fsp3) is 0.647. The molecule has 1 aliphatic rings. The van der Waals surface area contributed by atoms with Crippen LogP contribution < -0.4 is 10.2 Å². The van der Waals surface area contributed by atoms with Crippen LogP contribution in [-0.4, -0.2) is 31.3 Å². The highest BCUT2D eigenvalue weighted by molar-refractivity contribution is 9.10. The molecule has 0 bridgehead atoms. The summed E-state index contributed by atoms with van der Waals surface area (Å²) in [4.78, 5) is 2.42. The number of nitrogens with zero attached hydrogens (tertiary/aromatic N) is 1. The number of halogens is 1. The number of benzene rings is 1. The van der Waals surface area contributed by atoms with Crippen LogP contribution in [-0.2, 0) is 11.3 Å². The minimum atomic E-state index is 0.136. The molecule has 1 N–H and O–H groups in total. The number of hydrogen-bond acceptors (Lipinski definition) is 3. The molecule has 1 heterocycles. The molecule has 21 heavy (non-hydrogen) atoms. The molecule has 4 heteroatoms. The summed E-state index contributed by atoms with van der Waals surface area (Å²) in [7, 11) is 0. The van der Waals surface area contributed by atoms with Gasteiger partial charge in [0.05, 0.1) is 12.7 Å². The number of anilines is 1. The molecule has 1 fully saturated rings. The second-order valence-electron chi connectivity index (χ2n) is 6.73. The molecule has 0 radical (unpaired) electrons. The fourth-order valence-electron chi connectivity index (χ4n) is 2.44. The van der Waals surface area contributed by atoms with Crippen LogP contribution in [0.4, 0.5) is 5.69 Å². The monoisotopic (exact) mass is 354 g/mol. The molecule has 0 amide bonds. The van der Waals surface area contributed by atoms with Crippen molar-refractivity contribution in [2.75, 3.05) is 24.6 Å². The van der Waals surface area contributed by atoms with Gasteiger partial charge in [0.1, 0.15) is 0 Å². The second kappa shape index (κ2) is 7.12. The van der Waals surface area contributed by atoms with Crippen molar-refractivity contribution >= 4 is 21.6 Å². The molecule has 0 aromatic heterocycles. The summed E-state index contributed by atoms with van der Waals surface area (Å²) in [5.74, 6) is 0. The Balaban J connectivity index is 2.04. The molecule has 1 unspecified atom stereocenters. The Bertz CT molecular complexity index is 470. The lowest BCUT2D eigenvalue weighted by molar-refractivity contribution is 0.0384. The predicted octanol–water partition coefficient (Wildman–Crippen LogP) is 3.95. The standard InChI is InChI=1S/C17H27BrN2O/c1-5-15-12-20(8-9-21-15)14-7-6-13(16(18)10-14)11-19-17(2,3)4/h6-7,10,15,19H,5,8-9,11-12H2,1-4H3. The summed E-state index contributed by atoms with van der Waals surface area (Å²) in [5, 5.41) is 3.53. The molecule has 0 spiro atoms. The van der Waals surface area contributed by atoms with Gasteiger partial charge in [0.25, 0.3) is 0 Å². The first kappa shape index (κ1) is 16.8. The second-order valence-corrected chi connectivity index (χ2v) is 7.58. The van der Waals surface area contributed by atoms with E-state index in [1.807, 2.05) is 0 Å². The topological polar surface area (TPSA) is 24.5 Å². The first-order chi connectivity index (χ1) is 9.89. The molecule has 0 aliphatic carbocycles. The molecular weight excluding hydrogens is 328 g/mol. The molecular formula is C17H27BrN2O. The molecule has 1 saturated heterocycles. The summed E-state index contributed by atoms with van der Waals surface area (Å²) in [6.45, 7) is 12.4. The van der Waals surface area contributed by atoms with E-state index in [-0.39, 0.29) is 5.54 Å². The molecule has 1 aromatic rings. The first-order valence-corrected chi connectivity index (χ1v) is 8.58. The molecule has 118 valence electrons. The summed E-state index contributed by atoms with van der Waals surface area (Å²) >= 11 is 3.72. The van der Waals surface area contributed by atoms with Gasteiger partial charge in [-0.1, -0.05) is 28.9 Å². The van der Waals surface area contributed by atoms with Crippen LogP contribution in [0.5, 0.6) is 0 Å². The van der Waals surface area contributed by atoms with Gasteiger partial charge in [-0.2, -0.15) is 0 Å². The molecule has 0 saturated carbocycles. The normalized spacial score (nSPS) is 19.9. The van der Waals surface area contributed by atoms with Crippen molar-refractivity contribution in [3.63, 3.8) is 0 Å². The van der Waals surface area contributed by atoms with Crippen LogP contribution in [0.25, 0.3) is 0 Å². The van der Waals surface area contributed by atoms with E-state index in [1.165, 1.54) is 15.7 Å². The van der Waals surface area contributed by atoms with Crippen molar-refractivity contribution in [3.8, 4) is 0 Å².